The summed E-state index contributed by atoms with van der Waals surface area (Å²) in [5.41, 5.74) is 1.59. The highest BCUT2D eigenvalue weighted by molar-refractivity contribution is 4.97. The molecule has 1 aromatic heterocycles. The second-order valence-electron chi connectivity index (χ2n) is 4.09. The van der Waals surface area contributed by atoms with Gasteiger partial charge in [0.25, 0.3) is 0 Å². The first kappa shape index (κ1) is 9.24. The van der Waals surface area contributed by atoms with Crippen molar-refractivity contribution in [1.82, 2.24) is 0 Å². The Kier molecular flexibility index (Phi) is 2.51. The van der Waals surface area contributed by atoms with Gasteiger partial charge in [0.2, 0.25) is 0 Å². The molecule has 0 bridgehead atoms. The van der Waals surface area contributed by atoms with Crippen LogP contribution >= 0.6 is 0 Å². The summed E-state index contributed by atoms with van der Waals surface area (Å²) in [7, 11) is 0. The van der Waals surface area contributed by atoms with Gasteiger partial charge in [-0.3, -0.25) is 0 Å². The van der Waals surface area contributed by atoms with Crippen LogP contribution in [0.2, 0.25) is 0 Å². The first-order valence-electron chi connectivity index (χ1n) is 4.55. The molecule has 0 saturated heterocycles. The van der Waals surface area contributed by atoms with E-state index in [4.69, 9.17) is 0 Å². The highest BCUT2D eigenvalue weighted by Gasteiger charge is 2.23. The number of aryl methyl sites for hydroxylation is 1. The van der Waals surface area contributed by atoms with Crippen LogP contribution in [0.3, 0.4) is 0 Å². The van der Waals surface area contributed by atoms with Crippen molar-refractivity contribution in [1.29, 1.82) is 0 Å². The summed E-state index contributed by atoms with van der Waals surface area (Å²) in [5, 5.41) is 0. The van der Waals surface area contributed by atoms with Gasteiger partial charge in [0.15, 0.2) is 17.4 Å². The summed E-state index contributed by atoms with van der Waals surface area (Å²) in [4.78, 5) is 0. The van der Waals surface area contributed by atoms with Gasteiger partial charge in [-0.15, -0.1) is 0 Å². The van der Waals surface area contributed by atoms with Crippen LogP contribution in [0.4, 0.5) is 0 Å². The third-order valence-corrected chi connectivity index (χ3v) is 2.03. The molecular weight excluding hydrogens is 146 g/mol. The Balaban J connectivity index is 3.14. The maximum atomic E-state index is 2.33. The number of pyridine rings is 1. The van der Waals surface area contributed by atoms with Gasteiger partial charge < -0.3 is 0 Å². The molecular formula is C11H18N+. The fourth-order valence-electron chi connectivity index (χ4n) is 1.42. The van der Waals surface area contributed by atoms with Gasteiger partial charge in [-0.25, -0.2) is 0 Å². The Morgan fingerprint density at radius 3 is 2.33 bits per heavy atom. The van der Waals surface area contributed by atoms with Gasteiger partial charge in [0.05, 0.1) is 0 Å². The Morgan fingerprint density at radius 2 is 1.92 bits per heavy atom. The van der Waals surface area contributed by atoms with Crippen molar-refractivity contribution < 1.29 is 4.57 Å². The molecule has 0 unspecified atom stereocenters. The molecule has 0 N–H and O–H groups in total. The maximum absolute atomic E-state index is 2.33. The molecule has 0 radical (unpaired) electrons. The fourth-order valence-corrected chi connectivity index (χ4v) is 1.42. The predicted molar refractivity (Wildman–Crippen MR) is 51.0 cm³/mol. The lowest BCUT2D eigenvalue weighted by atomic mass is 10.1. The Morgan fingerprint density at radius 1 is 1.25 bits per heavy atom. The van der Waals surface area contributed by atoms with Crippen molar-refractivity contribution in [2.24, 2.45) is 0 Å². The van der Waals surface area contributed by atoms with Crippen LogP contribution in [0.1, 0.15) is 33.4 Å². The number of nitrogens with zero attached hydrogens (tertiary/aromatic N) is 1. The van der Waals surface area contributed by atoms with Gasteiger partial charge in [-0.1, -0.05) is 13.0 Å². The standard InChI is InChI=1S/C11H18N/c1-5-10-8-6-7-9-12(10)11(2,3)4/h6-9H,5H2,1-4H3/q+1. The predicted octanol–water partition coefficient (Wildman–Crippen LogP) is 2.29. The summed E-state index contributed by atoms with van der Waals surface area (Å²) < 4.78 is 2.33. The van der Waals surface area contributed by atoms with E-state index >= 15 is 0 Å². The number of aromatic nitrogens is 1. The molecule has 0 aromatic carbocycles. The van der Waals surface area contributed by atoms with E-state index < -0.39 is 0 Å². The van der Waals surface area contributed by atoms with Crippen LogP contribution in [0.5, 0.6) is 0 Å². The zero-order valence-corrected chi connectivity index (χ0v) is 8.46. The molecule has 66 valence electrons. The molecule has 0 saturated carbocycles. The van der Waals surface area contributed by atoms with E-state index in [0.29, 0.717) is 0 Å². The van der Waals surface area contributed by atoms with Crippen molar-refractivity contribution in [2.75, 3.05) is 0 Å². The smallest absolute Gasteiger partial charge is 0.181 e. The van der Waals surface area contributed by atoms with Crippen LogP contribution in [-0.2, 0) is 12.0 Å². The molecule has 0 amide bonds. The van der Waals surface area contributed by atoms with Crippen molar-refractivity contribution in [3.05, 3.63) is 30.1 Å². The second kappa shape index (κ2) is 3.26. The Bertz CT molecular complexity index is 258. The molecule has 1 rings (SSSR count). The van der Waals surface area contributed by atoms with E-state index in [1.807, 2.05) is 0 Å². The molecule has 12 heavy (non-hydrogen) atoms. The lowest BCUT2D eigenvalue weighted by Crippen LogP contribution is -2.52. The minimum absolute atomic E-state index is 0.201. The van der Waals surface area contributed by atoms with E-state index in [0.717, 1.165) is 6.42 Å². The largest absolute Gasteiger partial charge is 0.198 e. The van der Waals surface area contributed by atoms with Crippen LogP contribution in [0.15, 0.2) is 24.4 Å². The molecule has 0 spiro atoms. The molecule has 1 aromatic rings. The first-order chi connectivity index (χ1) is 5.55. The van der Waals surface area contributed by atoms with Gasteiger partial charge >= 0.3 is 0 Å². The van der Waals surface area contributed by atoms with E-state index in [9.17, 15) is 0 Å². The van der Waals surface area contributed by atoms with Gasteiger partial charge in [0.1, 0.15) is 0 Å². The molecule has 0 aliphatic carbocycles. The first-order valence-corrected chi connectivity index (χ1v) is 4.55. The molecule has 1 heterocycles. The zero-order valence-electron chi connectivity index (χ0n) is 8.46. The third-order valence-electron chi connectivity index (χ3n) is 2.03. The van der Waals surface area contributed by atoms with Crippen molar-refractivity contribution in [3.8, 4) is 0 Å². The van der Waals surface area contributed by atoms with Crippen LogP contribution in [0, 0.1) is 0 Å². The quantitative estimate of drug-likeness (QED) is 0.561. The van der Waals surface area contributed by atoms with Crippen LogP contribution < -0.4 is 4.57 Å². The van der Waals surface area contributed by atoms with E-state index in [1.165, 1.54) is 5.69 Å². The summed E-state index contributed by atoms with van der Waals surface area (Å²) in [6.45, 7) is 8.88. The number of rotatable bonds is 1. The topological polar surface area (TPSA) is 3.88 Å². The Hall–Kier alpha value is -0.850. The fraction of sp³-hybridized carbons (Fsp3) is 0.545. The Labute approximate surface area is 75.1 Å². The summed E-state index contributed by atoms with van der Waals surface area (Å²) >= 11 is 0. The van der Waals surface area contributed by atoms with Gasteiger partial charge in [-0.2, -0.15) is 4.57 Å². The normalized spacial score (nSPS) is 11.7. The molecule has 0 aliphatic rings. The average Bonchev–Trinajstić information content (AvgIpc) is 2.03. The zero-order chi connectivity index (χ0) is 9.19. The van der Waals surface area contributed by atoms with Gasteiger partial charge in [0, 0.05) is 39.3 Å². The maximum Gasteiger partial charge on any atom is 0.181 e. The summed E-state index contributed by atoms with van der Waals surface area (Å²) in [6.07, 6.45) is 3.25. The van der Waals surface area contributed by atoms with E-state index in [1.54, 1.807) is 0 Å². The average molecular weight is 164 g/mol. The molecule has 1 heteroatoms. The monoisotopic (exact) mass is 164 g/mol. The highest BCUT2D eigenvalue weighted by Crippen LogP contribution is 2.06. The number of hydrogen-bond donors (Lipinski definition) is 0. The van der Waals surface area contributed by atoms with Gasteiger partial charge in [-0.05, 0) is 0 Å². The van der Waals surface area contributed by atoms with E-state index in [-0.39, 0.29) is 5.54 Å². The third kappa shape index (κ3) is 1.84. The minimum atomic E-state index is 0.201. The van der Waals surface area contributed by atoms with Crippen LogP contribution in [-0.4, -0.2) is 0 Å². The van der Waals surface area contributed by atoms with Crippen molar-refractivity contribution in [2.45, 2.75) is 39.7 Å². The molecule has 0 fully saturated rings. The molecule has 0 atom stereocenters. The summed E-state index contributed by atoms with van der Waals surface area (Å²) in [5.74, 6) is 0. The number of hydrogen-bond acceptors (Lipinski definition) is 0. The second-order valence-corrected chi connectivity index (χ2v) is 4.09. The molecule has 0 aliphatic heterocycles. The molecule has 1 nitrogen and oxygen atoms in total. The SMILES string of the molecule is CCc1cccc[n+]1C(C)(C)C. The minimum Gasteiger partial charge on any atom is -0.198 e. The highest BCUT2D eigenvalue weighted by atomic mass is 15.0. The summed E-state index contributed by atoms with van der Waals surface area (Å²) in [6, 6.07) is 6.37. The van der Waals surface area contributed by atoms with Crippen molar-refractivity contribution >= 4 is 0 Å². The van der Waals surface area contributed by atoms with Crippen LogP contribution in [0.25, 0.3) is 0 Å². The van der Waals surface area contributed by atoms with Crippen molar-refractivity contribution in [3.63, 3.8) is 0 Å². The lowest BCUT2D eigenvalue weighted by Gasteiger charge is -2.15. The lowest BCUT2D eigenvalue weighted by molar-refractivity contribution is -0.760. The van der Waals surface area contributed by atoms with E-state index in [2.05, 4.69) is 56.7 Å².